The van der Waals surface area contributed by atoms with E-state index in [1.165, 1.54) is 25.1 Å². The van der Waals surface area contributed by atoms with Gasteiger partial charge in [-0.15, -0.1) is 0 Å². The van der Waals surface area contributed by atoms with Crippen LogP contribution in [0.4, 0.5) is 30.2 Å². The Bertz CT molecular complexity index is 1000. The van der Waals surface area contributed by atoms with E-state index in [1.807, 2.05) is 0 Å². The molecule has 2 aromatic rings. The number of alkyl halides is 3. The number of hydrogen-bond acceptors (Lipinski definition) is 4. The van der Waals surface area contributed by atoms with Crippen LogP contribution in [0.3, 0.4) is 0 Å². The highest BCUT2D eigenvalue weighted by Crippen LogP contribution is 2.38. The van der Waals surface area contributed by atoms with Crippen LogP contribution in [0.5, 0.6) is 0 Å². The molecule has 0 saturated heterocycles. The molecule has 3 rings (SSSR count). The summed E-state index contributed by atoms with van der Waals surface area (Å²) in [5, 5.41) is 15.8. The second kappa shape index (κ2) is 7.53. The number of carbonyl (C=O) groups is 2. The van der Waals surface area contributed by atoms with Gasteiger partial charge in [0.25, 0.3) is 11.6 Å². The summed E-state index contributed by atoms with van der Waals surface area (Å²) < 4.78 is 40.5. The van der Waals surface area contributed by atoms with E-state index in [-0.39, 0.29) is 28.6 Å². The number of benzene rings is 2. The predicted octanol–water partition coefficient (Wildman–Crippen LogP) is 4.52. The zero-order valence-electron chi connectivity index (χ0n) is 15.2. The molecule has 0 unspecified atom stereocenters. The van der Waals surface area contributed by atoms with Gasteiger partial charge in [0.1, 0.15) is 5.56 Å². The smallest absolute Gasteiger partial charge is 0.326 e. The number of halogens is 3. The van der Waals surface area contributed by atoms with Gasteiger partial charge in [-0.2, -0.15) is 13.2 Å². The number of amides is 2. The van der Waals surface area contributed by atoms with Crippen molar-refractivity contribution in [2.75, 3.05) is 10.6 Å². The Kier molecular flexibility index (Phi) is 5.27. The van der Waals surface area contributed by atoms with Crippen LogP contribution in [-0.4, -0.2) is 16.7 Å². The van der Waals surface area contributed by atoms with Crippen molar-refractivity contribution in [2.24, 2.45) is 5.92 Å². The molecule has 0 spiro atoms. The monoisotopic (exact) mass is 407 g/mol. The van der Waals surface area contributed by atoms with Crippen molar-refractivity contribution in [1.82, 2.24) is 0 Å². The van der Waals surface area contributed by atoms with Crippen molar-refractivity contribution in [2.45, 2.75) is 25.9 Å². The molecule has 0 aromatic heterocycles. The molecule has 1 fully saturated rings. The third kappa shape index (κ3) is 4.53. The minimum atomic E-state index is -4.82. The summed E-state index contributed by atoms with van der Waals surface area (Å²) in [5.74, 6) is -1.59. The van der Waals surface area contributed by atoms with Crippen molar-refractivity contribution < 1.29 is 27.7 Å². The number of rotatable bonds is 5. The maximum Gasteiger partial charge on any atom is 0.418 e. The lowest BCUT2D eigenvalue weighted by Gasteiger charge is -2.16. The molecule has 0 aliphatic heterocycles. The molecule has 1 aliphatic carbocycles. The zero-order valence-corrected chi connectivity index (χ0v) is 15.2. The fraction of sp³-hybridized carbons (Fsp3) is 0.263. The van der Waals surface area contributed by atoms with Gasteiger partial charge in [0.2, 0.25) is 5.91 Å². The van der Waals surface area contributed by atoms with Gasteiger partial charge in [0, 0.05) is 17.2 Å². The largest absolute Gasteiger partial charge is 0.418 e. The first-order valence-electron chi connectivity index (χ1n) is 8.65. The quantitative estimate of drug-likeness (QED) is 0.562. The summed E-state index contributed by atoms with van der Waals surface area (Å²) in [6.45, 7) is 1.42. The molecular formula is C19H16F3N3O4. The predicted molar refractivity (Wildman–Crippen MR) is 98.6 cm³/mol. The van der Waals surface area contributed by atoms with Gasteiger partial charge < -0.3 is 10.6 Å². The topological polar surface area (TPSA) is 101 Å². The lowest BCUT2D eigenvalue weighted by atomic mass is 10.1. The number of nitrogens with zero attached hydrogens (tertiary/aromatic N) is 1. The lowest BCUT2D eigenvalue weighted by Crippen LogP contribution is -2.19. The number of nitro benzene ring substituents is 1. The van der Waals surface area contributed by atoms with E-state index in [1.54, 1.807) is 0 Å². The van der Waals surface area contributed by atoms with E-state index in [4.69, 9.17) is 0 Å². The first-order valence-corrected chi connectivity index (χ1v) is 8.65. The van der Waals surface area contributed by atoms with Crippen molar-refractivity contribution >= 4 is 28.9 Å². The van der Waals surface area contributed by atoms with E-state index in [9.17, 15) is 32.9 Å². The number of anilines is 2. The molecule has 0 bridgehead atoms. The third-order valence-electron chi connectivity index (χ3n) is 4.45. The van der Waals surface area contributed by atoms with Gasteiger partial charge in [0.05, 0.1) is 16.2 Å². The number of nitrogens with one attached hydrogen (secondary N) is 2. The Hall–Kier alpha value is -3.43. The molecule has 2 aromatic carbocycles. The van der Waals surface area contributed by atoms with Gasteiger partial charge in [-0.25, -0.2) is 0 Å². The number of aryl methyl sites for hydroxylation is 1. The summed E-state index contributed by atoms with van der Waals surface area (Å²) in [4.78, 5) is 34.7. The highest BCUT2D eigenvalue weighted by atomic mass is 19.4. The second-order valence-corrected chi connectivity index (χ2v) is 6.70. The summed E-state index contributed by atoms with van der Waals surface area (Å²) >= 11 is 0. The highest BCUT2D eigenvalue weighted by molar-refractivity contribution is 6.08. The summed E-state index contributed by atoms with van der Waals surface area (Å²) in [5.41, 5.74) is -2.41. The third-order valence-corrected chi connectivity index (χ3v) is 4.45. The normalized spacial score (nSPS) is 13.7. The highest BCUT2D eigenvalue weighted by Gasteiger charge is 2.36. The molecule has 0 heterocycles. The zero-order chi connectivity index (χ0) is 21.3. The van der Waals surface area contributed by atoms with E-state index >= 15 is 0 Å². The summed E-state index contributed by atoms with van der Waals surface area (Å²) in [6, 6.07) is 6.95. The van der Waals surface area contributed by atoms with Crippen LogP contribution in [0.15, 0.2) is 36.4 Å². The molecule has 0 atom stereocenters. The van der Waals surface area contributed by atoms with Crippen LogP contribution in [-0.2, 0) is 11.0 Å². The van der Waals surface area contributed by atoms with Gasteiger partial charge in [0.15, 0.2) is 0 Å². The van der Waals surface area contributed by atoms with Gasteiger partial charge in [-0.3, -0.25) is 19.7 Å². The molecule has 7 nitrogen and oxygen atoms in total. The standard InChI is InChI=1S/C19H16F3N3O4/c1-10-3-2-4-13(16(10)25(28)29)18(27)24-15-8-7-12(9-14(15)19(20,21)22)23-17(26)11-5-6-11/h2-4,7-9,11H,5-6H2,1H3,(H,23,26)(H,24,27). The van der Waals surface area contributed by atoms with Gasteiger partial charge >= 0.3 is 6.18 Å². The number of hydrogen-bond donors (Lipinski definition) is 2. The summed E-state index contributed by atoms with van der Waals surface area (Å²) in [6.07, 6.45) is -3.43. The van der Waals surface area contributed by atoms with E-state index in [0.717, 1.165) is 18.2 Å². The lowest BCUT2D eigenvalue weighted by molar-refractivity contribution is -0.385. The molecule has 152 valence electrons. The second-order valence-electron chi connectivity index (χ2n) is 6.70. The average molecular weight is 407 g/mol. The Balaban J connectivity index is 1.92. The van der Waals surface area contributed by atoms with E-state index in [2.05, 4.69) is 10.6 Å². The van der Waals surface area contributed by atoms with Crippen LogP contribution < -0.4 is 10.6 Å². The van der Waals surface area contributed by atoms with Gasteiger partial charge in [-0.05, 0) is 44.0 Å². The van der Waals surface area contributed by atoms with Crippen molar-refractivity contribution in [3.63, 3.8) is 0 Å². The Morgan fingerprint density at radius 3 is 2.41 bits per heavy atom. The summed E-state index contributed by atoms with van der Waals surface area (Å²) in [7, 11) is 0. The molecule has 1 saturated carbocycles. The average Bonchev–Trinajstić information content (AvgIpc) is 3.46. The molecule has 0 radical (unpaired) electrons. The Labute approximate surface area is 163 Å². The first-order chi connectivity index (χ1) is 13.6. The molecule has 1 aliphatic rings. The first kappa shape index (κ1) is 20.3. The number of para-hydroxylation sites is 1. The van der Waals surface area contributed by atoms with Crippen LogP contribution >= 0.6 is 0 Å². The fourth-order valence-corrected chi connectivity index (χ4v) is 2.83. The molecular weight excluding hydrogens is 391 g/mol. The minimum absolute atomic E-state index is 0.0474. The minimum Gasteiger partial charge on any atom is -0.326 e. The Morgan fingerprint density at radius 1 is 1.14 bits per heavy atom. The van der Waals surface area contributed by atoms with Crippen LogP contribution in [0, 0.1) is 23.0 Å². The number of carbonyl (C=O) groups excluding carboxylic acids is 2. The Morgan fingerprint density at radius 2 is 1.83 bits per heavy atom. The van der Waals surface area contributed by atoms with E-state index in [0.29, 0.717) is 12.8 Å². The van der Waals surface area contributed by atoms with Crippen LogP contribution in [0.2, 0.25) is 0 Å². The van der Waals surface area contributed by atoms with Gasteiger partial charge in [-0.1, -0.05) is 12.1 Å². The molecule has 2 amide bonds. The maximum atomic E-state index is 13.5. The SMILES string of the molecule is Cc1cccc(C(=O)Nc2ccc(NC(=O)C3CC3)cc2C(F)(F)F)c1[N+](=O)[O-]. The fourth-order valence-electron chi connectivity index (χ4n) is 2.83. The van der Waals surface area contributed by atoms with Crippen molar-refractivity contribution in [1.29, 1.82) is 0 Å². The maximum absolute atomic E-state index is 13.5. The van der Waals surface area contributed by atoms with Crippen LogP contribution in [0.25, 0.3) is 0 Å². The van der Waals surface area contributed by atoms with Crippen molar-refractivity contribution in [3.05, 3.63) is 63.2 Å². The van der Waals surface area contributed by atoms with Crippen molar-refractivity contribution in [3.8, 4) is 0 Å². The van der Waals surface area contributed by atoms with Crippen LogP contribution in [0.1, 0.15) is 34.3 Å². The number of nitro groups is 1. The molecule has 29 heavy (non-hydrogen) atoms. The molecule has 10 heteroatoms. The molecule has 2 N–H and O–H groups in total. The van der Waals surface area contributed by atoms with E-state index < -0.39 is 33.9 Å².